The van der Waals surface area contributed by atoms with E-state index in [0.717, 1.165) is 12.8 Å². The van der Waals surface area contributed by atoms with Gasteiger partial charge >= 0.3 is 6.18 Å². The van der Waals surface area contributed by atoms with E-state index in [4.69, 9.17) is 0 Å². The maximum atomic E-state index is 11.9. The van der Waals surface area contributed by atoms with Crippen LogP contribution in [0.15, 0.2) is 0 Å². The van der Waals surface area contributed by atoms with Gasteiger partial charge in [0.1, 0.15) is 0 Å². The van der Waals surface area contributed by atoms with Crippen molar-refractivity contribution in [1.82, 2.24) is 4.90 Å². The Kier molecular flexibility index (Phi) is 3.63. The highest BCUT2D eigenvalue weighted by Crippen LogP contribution is 2.22. The van der Waals surface area contributed by atoms with E-state index in [2.05, 4.69) is 22.6 Å². The van der Waals surface area contributed by atoms with Crippen LogP contribution in [0.2, 0.25) is 0 Å². The summed E-state index contributed by atoms with van der Waals surface area (Å²) in [4.78, 5) is 1.48. The minimum atomic E-state index is -4.03. The third kappa shape index (κ3) is 3.93. The lowest BCUT2D eigenvalue weighted by molar-refractivity contribution is -0.147. The van der Waals surface area contributed by atoms with Gasteiger partial charge in [0.25, 0.3) is 0 Å². The summed E-state index contributed by atoms with van der Waals surface area (Å²) in [6.45, 7) is 0.441. The van der Waals surface area contributed by atoms with E-state index in [1.54, 1.807) is 0 Å². The van der Waals surface area contributed by atoms with Crippen LogP contribution in [0, 0.1) is 0 Å². The van der Waals surface area contributed by atoms with E-state index < -0.39 is 12.7 Å². The van der Waals surface area contributed by atoms with Crippen molar-refractivity contribution in [3.05, 3.63) is 0 Å². The fourth-order valence-corrected chi connectivity index (χ4v) is 1.87. The van der Waals surface area contributed by atoms with Gasteiger partial charge < -0.3 is 0 Å². The maximum Gasteiger partial charge on any atom is 0.401 e. The molecule has 1 heterocycles. The van der Waals surface area contributed by atoms with Gasteiger partial charge in [-0.05, 0) is 25.9 Å². The summed E-state index contributed by atoms with van der Waals surface area (Å²) in [6, 6.07) is 0. The first kappa shape index (κ1) is 10.6. The summed E-state index contributed by atoms with van der Waals surface area (Å²) in [6.07, 6.45) is -2.26. The Bertz CT molecular complexity index is 140. The van der Waals surface area contributed by atoms with E-state index in [1.165, 1.54) is 4.90 Å². The number of nitrogens with zero attached hydrogens (tertiary/aromatic N) is 1. The Balaban J connectivity index is 2.26. The molecule has 0 amide bonds. The number of hydrogen-bond acceptors (Lipinski definition) is 1. The minimum Gasteiger partial charge on any atom is -0.295 e. The molecule has 1 aliphatic heterocycles. The van der Waals surface area contributed by atoms with Gasteiger partial charge in [-0.15, -0.1) is 0 Å². The lowest BCUT2D eigenvalue weighted by Crippen LogP contribution is -2.40. The highest BCUT2D eigenvalue weighted by molar-refractivity contribution is 14.1. The van der Waals surface area contributed by atoms with Crippen LogP contribution in [-0.2, 0) is 0 Å². The molecule has 0 unspecified atom stereocenters. The van der Waals surface area contributed by atoms with E-state index in [0.29, 0.717) is 17.0 Å². The SMILES string of the molecule is FC(F)(F)CN1CCC(I)CC1. The third-order valence-electron chi connectivity index (χ3n) is 1.92. The van der Waals surface area contributed by atoms with Crippen LogP contribution in [-0.4, -0.2) is 34.6 Å². The normalized spacial score (nSPS) is 23.0. The largest absolute Gasteiger partial charge is 0.401 e. The van der Waals surface area contributed by atoms with Crippen molar-refractivity contribution in [3.63, 3.8) is 0 Å². The molecular weight excluding hydrogens is 282 g/mol. The van der Waals surface area contributed by atoms with Crippen LogP contribution in [0.25, 0.3) is 0 Å². The van der Waals surface area contributed by atoms with Gasteiger partial charge in [0.2, 0.25) is 0 Å². The van der Waals surface area contributed by atoms with Gasteiger partial charge in [-0.25, -0.2) is 0 Å². The fraction of sp³-hybridized carbons (Fsp3) is 1.00. The fourth-order valence-electron chi connectivity index (χ4n) is 1.31. The summed E-state index contributed by atoms with van der Waals surface area (Å²) < 4.78 is 36.2. The Hall–Kier alpha value is 0.480. The van der Waals surface area contributed by atoms with Crippen LogP contribution >= 0.6 is 22.6 Å². The first-order valence-corrected chi connectivity index (χ1v) is 5.15. The number of alkyl halides is 4. The van der Waals surface area contributed by atoms with E-state index in [-0.39, 0.29) is 0 Å². The Morgan fingerprint density at radius 1 is 1.25 bits per heavy atom. The van der Waals surface area contributed by atoms with Crippen molar-refractivity contribution >= 4 is 22.6 Å². The zero-order valence-electron chi connectivity index (χ0n) is 6.57. The van der Waals surface area contributed by atoms with Gasteiger partial charge in [0, 0.05) is 3.92 Å². The smallest absolute Gasteiger partial charge is 0.295 e. The zero-order chi connectivity index (χ0) is 9.19. The number of rotatable bonds is 1. The molecule has 0 aromatic heterocycles. The quantitative estimate of drug-likeness (QED) is 0.530. The predicted octanol–water partition coefficient (Wildman–Crippen LogP) is 2.45. The van der Waals surface area contributed by atoms with Gasteiger partial charge in [0.15, 0.2) is 0 Å². The van der Waals surface area contributed by atoms with Crippen molar-refractivity contribution in [2.45, 2.75) is 22.9 Å². The Morgan fingerprint density at radius 2 is 1.75 bits per heavy atom. The zero-order valence-corrected chi connectivity index (χ0v) is 8.73. The van der Waals surface area contributed by atoms with Crippen molar-refractivity contribution < 1.29 is 13.2 Å². The minimum absolute atomic E-state index is 0.562. The van der Waals surface area contributed by atoms with Crippen molar-refractivity contribution in [2.75, 3.05) is 19.6 Å². The second-order valence-corrected chi connectivity index (χ2v) is 4.83. The van der Waals surface area contributed by atoms with E-state index in [1.807, 2.05) is 0 Å². The van der Waals surface area contributed by atoms with Gasteiger partial charge in [-0.2, -0.15) is 13.2 Å². The first-order valence-electron chi connectivity index (χ1n) is 3.90. The maximum absolute atomic E-state index is 11.9. The number of likely N-dealkylation sites (tertiary alicyclic amines) is 1. The molecule has 1 saturated heterocycles. The average molecular weight is 293 g/mol. The average Bonchev–Trinajstić information content (AvgIpc) is 1.91. The molecule has 1 aliphatic rings. The van der Waals surface area contributed by atoms with Crippen molar-refractivity contribution in [3.8, 4) is 0 Å². The van der Waals surface area contributed by atoms with Crippen LogP contribution in [0.3, 0.4) is 0 Å². The molecule has 0 aliphatic carbocycles. The summed E-state index contributed by atoms with van der Waals surface area (Å²) >= 11 is 2.30. The molecule has 1 rings (SSSR count). The Morgan fingerprint density at radius 3 is 2.17 bits per heavy atom. The summed E-state index contributed by atoms with van der Waals surface area (Å²) in [5, 5.41) is 0. The van der Waals surface area contributed by atoms with Gasteiger partial charge in [-0.1, -0.05) is 22.6 Å². The first-order chi connectivity index (χ1) is 5.47. The van der Waals surface area contributed by atoms with E-state index in [9.17, 15) is 13.2 Å². The molecule has 0 saturated carbocycles. The molecule has 72 valence electrons. The van der Waals surface area contributed by atoms with Crippen LogP contribution < -0.4 is 0 Å². The number of hydrogen-bond donors (Lipinski definition) is 0. The highest BCUT2D eigenvalue weighted by Gasteiger charge is 2.31. The molecule has 1 fully saturated rings. The molecule has 0 atom stereocenters. The van der Waals surface area contributed by atoms with Gasteiger partial charge in [0.05, 0.1) is 6.54 Å². The lowest BCUT2D eigenvalue weighted by Gasteiger charge is -2.29. The van der Waals surface area contributed by atoms with Crippen LogP contribution in [0.5, 0.6) is 0 Å². The summed E-state index contributed by atoms with van der Waals surface area (Å²) in [5.41, 5.74) is 0. The molecule has 0 aromatic carbocycles. The lowest BCUT2D eigenvalue weighted by atomic mass is 10.1. The van der Waals surface area contributed by atoms with Crippen LogP contribution in [0.1, 0.15) is 12.8 Å². The van der Waals surface area contributed by atoms with Crippen LogP contribution in [0.4, 0.5) is 13.2 Å². The highest BCUT2D eigenvalue weighted by atomic mass is 127. The molecular formula is C7H11F3IN. The van der Waals surface area contributed by atoms with Gasteiger partial charge in [-0.3, -0.25) is 4.90 Å². The number of piperidine rings is 1. The summed E-state index contributed by atoms with van der Waals surface area (Å²) in [5.74, 6) is 0. The number of halogens is 4. The molecule has 0 bridgehead atoms. The van der Waals surface area contributed by atoms with E-state index >= 15 is 0 Å². The van der Waals surface area contributed by atoms with Crippen molar-refractivity contribution in [2.24, 2.45) is 0 Å². The molecule has 12 heavy (non-hydrogen) atoms. The monoisotopic (exact) mass is 293 g/mol. The third-order valence-corrected chi connectivity index (χ3v) is 3.17. The van der Waals surface area contributed by atoms with Crippen molar-refractivity contribution in [1.29, 1.82) is 0 Å². The molecule has 1 nitrogen and oxygen atoms in total. The molecule has 0 N–H and O–H groups in total. The second kappa shape index (κ2) is 4.13. The molecule has 0 radical (unpaired) electrons. The molecule has 0 aromatic rings. The second-order valence-electron chi connectivity index (χ2n) is 3.07. The molecule has 0 spiro atoms. The topological polar surface area (TPSA) is 3.24 Å². The Labute approximate surface area is 83.4 Å². The summed E-state index contributed by atoms with van der Waals surface area (Å²) in [7, 11) is 0. The standard InChI is InChI=1S/C7H11F3IN/c8-7(9,10)5-12-3-1-6(11)2-4-12/h6H,1-5H2. The predicted molar refractivity (Wildman–Crippen MR) is 49.5 cm³/mol. The molecule has 5 heteroatoms.